The molecular weight excluding hydrogens is 398 g/mol. The maximum atomic E-state index is 12.5. The zero-order valence-corrected chi connectivity index (χ0v) is 17.9. The normalized spacial score (nSPS) is 13.9. The Morgan fingerprint density at radius 2 is 1.53 bits per heavy atom. The van der Waals surface area contributed by atoms with Crippen molar-refractivity contribution in [2.45, 2.75) is 44.2 Å². The Morgan fingerprint density at radius 3 is 2.10 bits per heavy atom. The van der Waals surface area contributed by atoms with Gasteiger partial charge < -0.3 is 9.88 Å². The fourth-order valence-corrected chi connectivity index (χ4v) is 4.70. The van der Waals surface area contributed by atoms with Crippen LogP contribution in [0, 0.1) is 13.8 Å². The van der Waals surface area contributed by atoms with Crippen LogP contribution in [0.2, 0.25) is 0 Å². The van der Waals surface area contributed by atoms with Crippen molar-refractivity contribution in [2.75, 3.05) is 0 Å². The number of hydrogen-bond acceptors (Lipinski definition) is 3. The standard InChI is InChI=1S/C23H25N3O3S/c1-16-3-4-17(2)26(16)21-11-7-19(8-12-21)23(27)24-15-18-5-13-22(14-6-18)30(28,29)25-20-9-10-20/h3-8,11-14,20,25H,9-10,15H2,1-2H3,(H,24,27). The summed E-state index contributed by atoms with van der Waals surface area (Å²) in [5.74, 6) is -0.172. The number of rotatable bonds is 7. The summed E-state index contributed by atoms with van der Waals surface area (Å²) in [6.45, 7) is 4.42. The molecule has 30 heavy (non-hydrogen) atoms. The minimum Gasteiger partial charge on any atom is -0.348 e. The van der Waals surface area contributed by atoms with Crippen LogP contribution in [-0.4, -0.2) is 24.9 Å². The molecule has 0 radical (unpaired) electrons. The van der Waals surface area contributed by atoms with Gasteiger partial charge in [-0.2, -0.15) is 0 Å². The number of carbonyl (C=O) groups excluding carboxylic acids is 1. The molecule has 1 saturated carbocycles. The van der Waals surface area contributed by atoms with Gasteiger partial charge in [0.2, 0.25) is 10.0 Å². The van der Waals surface area contributed by atoms with E-state index < -0.39 is 10.0 Å². The summed E-state index contributed by atoms with van der Waals surface area (Å²) in [4.78, 5) is 12.7. The highest BCUT2D eigenvalue weighted by molar-refractivity contribution is 7.89. The van der Waals surface area contributed by atoms with Gasteiger partial charge in [0.15, 0.2) is 0 Å². The van der Waals surface area contributed by atoms with Crippen LogP contribution >= 0.6 is 0 Å². The lowest BCUT2D eigenvalue weighted by Crippen LogP contribution is -2.26. The molecule has 2 aromatic carbocycles. The van der Waals surface area contributed by atoms with Crippen LogP contribution in [0.5, 0.6) is 0 Å². The largest absolute Gasteiger partial charge is 0.348 e. The quantitative estimate of drug-likeness (QED) is 0.611. The predicted octanol–water partition coefficient (Wildman–Crippen LogP) is 3.46. The Hall–Kier alpha value is -2.90. The predicted molar refractivity (Wildman–Crippen MR) is 116 cm³/mol. The van der Waals surface area contributed by atoms with E-state index in [4.69, 9.17) is 0 Å². The third kappa shape index (κ3) is 4.47. The number of hydrogen-bond donors (Lipinski definition) is 2. The van der Waals surface area contributed by atoms with Crippen LogP contribution in [0.3, 0.4) is 0 Å². The van der Waals surface area contributed by atoms with Gasteiger partial charge >= 0.3 is 0 Å². The SMILES string of the molecule is Cc1ccc(C)n1-c1ccc(C(=O)NCc2ccc(S(=O)(=O)NC3CC3)cc2)cc1. The lowest BCUT2D eigenvalue weighted by molar-refractivity contribution is 0.0951. The second kappa shape index (κ2) is 8.08. The number of aryl methyl sites for hydroxylation is 2. The summed E-state index contributed by atoms with van der Waals surface area (Å²) >= 11 is 0. The highest BCUT2D eigenvalue weighted by atomic mass is 32.2. The van der Waals surface area contributed by atoms with Gasteiger partial charge in [-0.25, -0.2) is 13.1 Å². The van der Waals surface area contributed by atoms with Crippen molar-refractivity contribution in [3.63, 3.8) is 0 Å². The van der Waals surface area contributed by atoms with Crippen LogP contribution in [-0.2, 0) is 16.6 Å². The van der Waals surface area contributed by atoms with Crippen LogP contribution < -0.4 is 10.0 Å². The Labute approximate surface area is 177 Å². The van der Waals surface area contributed by atoms with Crippen LogP contribution in [0.25, 0.3) is 5.69 Å². The first-order chi connectivity index (χ1) is 14.3. The highest BCUT2D eigenvalue weighted by Gasteiger charge is 2.27. The third-order valence-electron chi connectivity index (χ3n) is 5.24. The molecule has 1 aliphatic carbocycles. The number of carbonyl (C=O) groups is 1. The van der Waals surface area contributed by atoms with E-state index in [0.29, 0.717) is 12.1 Å². The molecule has 1 amide bonds. The molecule has 1 aliphatic rings. The van der Waals surface area contributed by atoms with E-state index in [1.807, 2.05) is 38.1 Å². The average Bonchev–Trinajstić information content (AvgIpc) is 3.48. The third-order valence-corrected chi connectivity index (χ3v) is 6.78. The molecule has 0 bridgehead atoms. The second-order valence-corrected chi connectivity index (χ2v) is 9.43. The molecule has 3 aromatic rings. The van der Waals surface area contributed by atoms with Crippen molar-refractivity contribution in [1.82, 2.24) is 14.6 Å². The number of aromatic nitrogens is 1. The average molecular weight is 424 g/mol. The Morgan fingerprint density at radius 1 is 0.933 bits per heavy atom. The van der Waals surface area contributed by atoms with E-state index in [1.54, 1.807) is 24.3 Å². The summed E-state index contributed by atoms with van der Waals surface area (Å²) in [5, 5.41) is 2.88. The molecule has 1 fully saturated rings. The monoisotopic (exact) mass is 423 g/mol. The molecule has 4 rings (SSSR count). The molecule has 0 spiro atoms. The Bertz CT molecular complexity index is 1140. The summed E-state index contributed by atoms with van der Waals surface area (Å²) in [7, 11) is -3.46. The van der Waals surface area contributed by atoms with Crippen molar-refractivity contribution in [3.05, 3.63) is 83.2 Å². The van der Waals surface area contributed by atoms with Gasteiger partial charge in [0.25, 0.3) is 5.91 Å². The van der Waals surface area contributed by atoms with Crippen LogP contribution in [0.15, 0.2) is 65.6 Å². The molecule has 1 heterocycles. The maximum absolute atomic E-state index is 12.5. The summed E-state index contributed by atoms with van der Waals surface area (Å²) in [5.41, 5.74) is 4.71. The second-order valence-electron chi connectivity index (χ2n) is 7.72. The fraction of sp³-hybridized carbons (Fsp3) is 0.261. The van der Waals surface area contributed by atoms with E-state index in [9.17, 15) is 13.2 Å². The molecule has 7 heteroatoms. The van der Waals surface area contributed by atoms with Crippen molar-refractivity contribution in [1.29, 1.82) is 0 Å². The number of benzene rings is 2. The minimum atomic E-state index is -3.46. The van der Waals surface area contributed by atoms with Crippen LogP contribution in [0.1, 0.15) is 40.2 Å². The Balaban J connectivity index is 1.37. The van der Waals surface area contributed by atoms with Gasteiger partial charge in [-0.15, -0.1) is 0 Å². The van der Waals surface area contributed by atoms with Gasteiger partial charge in [0.1, 0.15) is 0 Å². The molecule has 6 nitrogen and oxygen atoms in total. The summed E-state index contributed by atoms with van der Waals surface area (Å²) < 4.78 is 29.2. The van der Waals surface area contributed by atoms with E-state index >= 15 is 0 Å². The fourth-order valence-electron chi connectivity index (χ4n) is 3.40. The minimum absolute atomic E-state index is 0.0747. The van der Waals surface area contributed by atoms with Crippen molar-refractivity contribution < 1.29 is 13.2 Å². The molecule has 0 saturated heterocycles. The highest BCUT2D eigenvalue weighted by Crippen LogP contribution is 2.22. The molecule has 1 aromatic heterocycles. The van der Waals surface area contributed by atoms with Crippen molar-refractivity contribution in [2.24, 2.45) is 0 Å². The first kappa shape index (κ1) is 20.4. The number of amides is 1. The van der Waals surface area contributed by atoms with Gasteiger partial charge in [-0.1, -0.05) is 12.1 Å². The number of nitrogens with one attached hydrogen (secondary N) is 2. The van der Waals surface area contributed by atoms with Crippen molar-refractivity contribution >= 4 is 15.9 Å². The van der Waals surface area contributed by atoms with Gasteiger partial charge in [0, 0.05) is 35.2 Å². The zero-order chi connectivity index (χ0) is 21.3. The first-order valence-electron chi connectivity index (χ1n) is 9.98. The van der Waals surface area contributed by atoms with E-state index in [1.165, 1.54) is 0 Å². The lowest BCUT2D eigenvalue weighted by atomic mass is 10.1. The molecule has 0 unspecified atom stereocenters. The molecule has 2 N–H and O–H groups in total. The van der Waals surface area contributed by atoms with E-state index in [0.717, 1.165) is 35.5 Å². The van der Waals surface area contributed by atoms with E-state index in [2.05, 4.69) is 26.7 Å². The molecule has 0 aliphatic heterocycles. The Kier molecular flexibility index (Phi) is 5.49. The van der Waals surface area contributed by atoms with Gasteiger partial charge in [-0.05, 0) is 80.8 Å². The van der Waals surface area contributed by atoms with Crippen LogP contribution in [0.4, 0.5) is 0 Å². The zero-order valence-electron chi connectivity index (χ0n) is 17.1. The van der Waals surface area contributed by atoms with E-state index in [-0.39, 0.29) is 16.8 Å². The lowest BCUT2D eigenvalue weighted by Gasteiger charge is -2.11. The molecule has 0 atom stereocenters. The first-order valence-corrected chi connectivity index (χ1v) is 11.5. The van der Waals surface area contributed by atoms with Crippen molar-refractivity contribution in [3.8, 4) is 5.69 Å². The van der Waals surface area contributed by atoms with Gasteiger partial charge in [-0.3, -0.25) is 4.79 Å². The molecule has 156 valence electrons. The number of sulfonamides is 1. The smallest absolute Gasteiger partial charge is 0.251 e. The summed E-state index contributed by atoms with van der Waals surface area (Å²) in [6.07, 6.45) is 1.80. The summed E-state index contributed by atoms with van der Waals surface area (Å²) in [6, 6.07) is 18.3. The topological polar surface area (TPSA) is 80.2 Å². The maximum Gasteiger partial charge on any atom is 0.251 e. The number of nitrogens with zero attached hydrogens (tertiary/aromatic N) is 1. The van der Waals surface area contributed by atoms with Gasteiger partial charge in [0.05, 0.1) is 4.90 Å². The molecular formula is C23H25N3O3S.